The van der Waals surface area contributed by atoms with Crippen molar-refractivity contribution in [2.45, 2.75) is 20.3 Å². The van der Waals surface area contributed by atoms with Crippen LogP contribution in [0.2, 0.25) is 0 Å². The second-order valence-electron chi connectivity index (χ2n) is 2.81. The molecule has 1 heteroatoms. The molecule has 0 atom stereocenters. The summed E-state index contributed by atoms with van der Waals surface area (Å²) in [5, 5.41) is 0. The molecule has 1 nitrogen and oxygen atoms in total. The van der Waals surface area contributed by atoms with Gasteiger partial charge < -0.3 is 4.98 Å². The highest BCUT2D eigenvalue weighted by atomic mass is 14.6. The molecule has 0 fully saturated rings. The van der Waals surface area contributed by atoms with Crippen molar-refractivity contribution in [3.63, 3.8) is 0 Å². The molecule has 0 saturated carbocycles. The predicted molar refractivity (Wildman–Crippen MR) is 52.5 cm³/mol. The van der Waals surface area contributed by atoms with Crippen LogP contribution >= 0.6 is 0 Å². The number of H-pyrrole nitrogens is 1. The van der Waals surface area contributed by atoms with Gasteiger partial charge in [-0.3, -0.25) is 0 Å². The number of rotatable bonds is 1. The lowest BCUT2D eigenvalue weighted by atomic mass is 10.2. The fourth-order valence-electron chi connectivity index (χ4n) is 0.966. The molecule has 0 amide bonds. The van der Waals surface area contributed by atoms with Crippen molar-refractivity contribution in [1.82, 2.24) is 4.98 Å². The minimum atomic E-state index is 1.06. The van der Waals surface area contributed by atoms with Gasteiger partial charge in [0, 0.05) is 11.9 Å². The first-order valence-corrected chi connectivity index (χ1v) is 4.30. The van der Waals surface area contributed by atoms with Crippen molar-refractivity contribution in [1.29, 1.82) is 0 Å². The summed E-state index contributed by atoms with van der Waals surface area (Å²) in [4.78, 5) is 3.22. The molecule has 0 aliphatic heterocycles. The Balaban J connectivity index is 3.17. The van der Waals surface area contributed by atoms with Gasteiger partial charge in [0.1, 0.15) is 0 Å². The summed E-state index contributed by atoms with van der Waals surface area (Å²) in [5.41, 5.74) is 2.48. The lowest BCUT2D eigenvalue weighted by Crippen LogP contribution is -1.77. The highest BCUT2D eigenvalue weighted by Crippen LogP contribution is 1.95. The largest absolute Gasteiger partial charge is 0.365 e. The maximum absolute atomic E-state index is 3.22. The molecule has 0 saturated heterocycles. The Bertz CT molecular complexity index is 285. The van der Waals surface area contributed by atoms with Gasteiger partial charge in [0.05, 0.1) is 0 Å². The summed E-state index contributed by atoms with van der Waals surface area (Å²) in [6, 6.07) is 10.3. The highest BCUT2D eigenvalue weighted by molar-refractivity contribution is 5.09. The third-order valence-corrected chi connectivity index (χ3v) is 1.77. The van der Waals surface area contributed by atoms with Crippen molar-refractivity contribution in [3.8, 4) is 0 Å². The summed E-state index contributed by atoms with van der Waals surface area (Å²) in [5.74, 6) is 0. The van der Waals surface area contributed by atoms with E-state index in [-0.39, 0.29) is 0 Å². The van der Waals surface area contributed by atoms with E-state index < -0.39 is 0 Å². The fourth-order valence-corrected chi connectivity index (χ4v) is 0.966. The van der Waals surface area contributed by atoms with Crippen LogP contribution in [0.4, 0.5) is 0 Å². The highest BCUT2D eigenvalue weighted by Gasteiger charge is 1.80. The quantitative estimate of drug-likeness (QED) is 0.651. The summed E-state index contributed by atoms with van der Waals surface area (Å²) >= 11 is 0. The van der Waals surface area contributed by atoms with Gasteiger partial charge >= 0.3 is 0 Å². The Morgan fingerprint density at radius 3 is 2.67 bits per heavy atom. The molecule has 0 aliphatic carbocycles. The predicted octanol–water partition coefficient (Wildman–Crippen LogP) is 3.01. The average Bonchev–Trinajstić information content (AvgIpc) is 2.17. The number of aryl methyl sites for hydroxylation is 2. The molecule has 1 heterocycles. The monoisotopic (exact) mass is 161 g/mol. The Kier molecular flexibility index (Phi) is 3.39. The maximum atomic E-state index is 3.22. The Labute approximate surface area is 73.8 Å². The molecule has 0 unspecified atom stereocenters. The SMILES string of the molecule is CCc1cccccc(C)[nH]c1. The Morgan fingerprint density at radius 1 is 1.17 bits per heavy atom. The maximum Gasteiger partial charge on any atom is 0.0115 e. The number of aromatic amines is 1. The summed E-state index contributed by atoms with van der Waals surface area (Å²) in [7, 11) is 0. The number of hydrogen-bond donors (Lipinski definition) is 1. The molecule has 0 aliphatic rings. The van der Waals surface area contributed by atoms with Crippen LogP contribution in [0.15, 0.2) is 36.5 Å². The van der Waals surface area contributed by atoms with E-state index in [1.807, 2.05) is 12.1 Å². The van der Waals surface area contributed by atoms with Crippen LogP contribution in [0.5, 0.6) is 0 Å². The second-order valence-corrected chi connectivity index (χ2v) is 2.81. The van der Waals surface area contributed by atoms with Crippen molar-refractivity contribution in [2.24, 2.45) is 0 Å². The van der Waals surface area contributed by atoms with E-state index in [0.717, 1.165) is 6.42 Å². The van der Waals surface area contributed by atoms with Crippen molar-refractivity contribution in [2.75, 3.05) is 0 Å². The van der Waals surface area contributed by atoms with Crippen LogP contribution in [-0.2, 0) is 6.42 Å². The van der Waals surface area contributed by atoms with E-state index in [9.17, 15) is 0 Å². The first-order chi connectivity index (χ1) is 5.83. The van der Waals surface area contributed by atoms with E-state index in [1.165, 1.54) is 11.3 Å². The van der Waals surface area contributed by atoms with Gasteiger partial charge in [0.15, 0.2) is 0 Å². The first kappa shape index (κ1) is 8.85. The zero-order valence-corrected chi connectivity index (χ0v) is 7.67. The van der Waals surface area contributed by atoms with Crippen LogP contribution in [0, 0.1) is 6.92 Å². The normalized spacial score (nSPS) is 9.17. The van der Waals surface area contributed by atoms with Crippen molar-refractivity contribution < 1.29 is 0 Å². The molecule has 0 bridgehead atoms. The van der Waals surface area contributed by atoms with Gasteiger partial charge in [-0.25, -0.2) is 0 Å². The van der Waals surface area contributed by atoms with Gasteiger partial charge in [0.25, 0.3) is 0 Å². The molecule has 64 valence electrons. The third-order valence-electron chi connectivity index (χ3n) is 1.77. The van der Waals surface area contributed by atoms with Crippen molar-refractivity contribution in [3.05, 3.63) is 47.8 Å². The minimum absolute atomic E-state index is 1.06. The van der Waals surface area contributed by atoms with E-state index >= 15 is 0 Å². The lowest BCUT2D eigenvalue weighted by Gasteiger charge is -1.89. The first-order valence-electron chi connectivity index (χ1n) is 4.30. The lowest BCUT2D eigenvalue weighted by molar-refractivity contribution is 1.10. The Hall–Kier alpha value is -1.24. The Morgan fingerprint density at radius 2 is 1.92 bits per heavy atom. The van der Waals surface area contributed by atoms with Gasteiger partial charge in [-0.15, -0.1) is 0 Å². The molecule has 0 aromatic carbocycles. The van der Waals surface area contributed by atoms with E-state index in [4.69, 9.17) is 0 Å². The number of aromatic nitrogens is 1. The third kappa shape index (κ3) is 2.79. The fraction of sp³-hybridized carbons (Fsp3) is 0.273. The molecule has 1 N–H and O–H groups in total. The topological polar surface area (TPSA) is 15.8 Å². The molecule has 0 spiro atoms. The summed E-state index contributed by atoms with van der Waals surface area (Å²) in [6.45, 7) is 4.21. The molecule has 1 rings (SSSR count). The average molecular weight is 161 g/mol. The van der Waals surface area contributed by atoms with E-state index in [1.54, 1.807) is 0 Å². The zero-order chi connectivity index (χ0) is 8.81. The smallest absolute Gasteiger partial charge is 0.0115 e. The minimum Gasteiger partial charge on any atom is -0.365 e. The van der Waals surface area contributed by atoms with Gasteiger partial charge in [-0.1, -0.05) is 31.2 Å². The van der Waals surface area contributed by atoms with Crippen LogP contribution in [0.25, 0.3) is 0 Å². The summed E-state index contributed by atoms with van der Waals surface area (Å²) < 4.78 is 0. The van der Waals surface area contributed by atoms with Crippen LogP contribution in [-0.4, -0.2) is 4.98 Å². The molecule has 12 heavy (non-hydrogen) atoms. The molecular formula is C11H15N. The molecule has 0 radical (unpaired) electrons. The van der Waals surface area contributed by atoms with Crippen LogP contribution in [0.3, 0.4) is 0 Å². The number of nitrogens with one attached hydrogen (secondary N) is 1. The van der Waals surface area contributed by atoms with E-state index in [2.05, 4.69) is 43.2 Å². The van der Waals surface area contributed by atoms with Crippen LogP contribution in [0.1, 0.15) is 18.2 Å². The zero-order valence-electron chi connectivity index (χ0n) is 7.67. The van der Waals surface area contributed by atoms with Gasteiger partial charge in [-0.2, -0.15) is 0 Å². The standard InChI is InChI=1S/C11H15N/c1-3-11-8-6-4-5-7-10(2)12-9-11/h4-9,12H,3H2,1-2H3. The van der Waals surface area contributed by atoms with Crippen molar-refractivity contribution >= 4 is 0 Å². The summed E-state index contributed by atoms with van der Waals surface area (Å²) in [6.07, 6.45) is 3.11. The molecule has 1 aromatic heterocycles. The number of hydrogen-bond acceptors (Lipinski definition) is 0. The van der Waals surface area contributed by atoms with Gasteiger partial charge in [-0.05, 0) is 25.0 Å². The second kappa shape index (κ2) is 4.60. The molecular weight excluding hydrogens is 146 g/mol. The molecule has 1 aromatic rings. The van der Waals surface area contributed by atoms with Gasteiger partial charge in [0.2, 0.25) is 0 Å². The van der Waals surface area contributed by atoms with Crippen LogP contribution < -0.4 is 0 Å². The van der Waals surface area contributed by atoms with E-state index in [0.29, 0.717) is 0 Å².